The molecular formula is C51H30N2O9. The predicted molar refractivity (Wildman–Crippen MR) is 227 cm³/mol. The molecule has 0 radical (unpaired) electrons. The standard InChI is InChI=1S/C51H30N2O9/c1-29-6-16-38(17-7-29)61-40-20-12-36(13-21-40)52-48(57)42-24-10-34(27-44(42)50(52)59)47(56)35-11-25-43-45(28-35)51(60)53(49(43)58)37-14-22-41(23-15-37)62-39-18-8-31(9-19-39)46(55)33-5-3-4-32(26-33)30(2)54/h3-9,11-23,25-28H,1-2H3. The fourth-order valence-corrected chi connectivity index (χ4v) is 7.17. The average molecular weight is 815 g/mol. The van der Waals surface area contributed by atoms with Crippen LogP contribution in [0.25, 0.3) is 0 Å². The van der Waals surface area contributed by atoms with Gasteiger partial charge in [-0.3, -0.25) is 33.6 Å². The van der Waals surface area contributed by atoms with E-state index in [1.807, 2.05) is 31.2 Å². The molecule has 0 bridgehead atoms. The van der Waals surface area contributed by atoms with Crippen molar-refractivity contribution in [1.29, 1.82) is 0 Å². The van der Waals surface area contributed by atoms with Crippen LogP contribution in [0, 0.1) is 19.1 Å². The summed E-state index contributed by atoms with van der Waals surface area (Å²) in [4.78, 5) is 94.6. The van der Waals surface area contributed by atoms with Crippen LogP contribution in [0.4, 0.5) is 11.4 Å². The minimum absolute atomic E-state index is 0.0150. The van der Waals surface area contributed by atoms with Gasteiger partial charge in [0.15, 0.2) is 11.6 Å². The molecule has 0 unspecified atom stereocenters. The number of fused-ring (bicyclic) bond motifs is 2. The lowest BCUT2D eigenvalue weighted by Crippen LogP contribution is -2.29. The van der Waals surface area contributed by atoms with Crippen LogP contribution in [-0.2, 0) is 0 Å². The second-order valence-electron chi connectivity index (χ2n) is 14.6. The first-order valence-corrected chi connectivity index (χ1v) is 19.3. The Morgan fingerprint density at radius 3 is 1.53 bits per heavy atom. The Hall–Kier alpha value is -8.75. The van der Waals surface area contributed by atoms with E-state index in [2.05, 4.69) is 12.1 Å². The Kier molecular flexibility index (Phi) is 9.66. The molecule has 11 heteroatoms. The molecule has 0 aromatic heterocycles. The van der Waals surface area contributed by atoms with Gasteiger partial charge < -0.3 is 9.47 Å². The second-order valence-corrected chi connectivity index (χ2v) is 14.6. The Bertz CT molecular complexity index is 3040. The molecule has 0 saturated heterocycles. The number of Topliss-reactive ketones (excluding diaryl/α,β-unsaturated/α-hetero) is 1. The molecule has 2 aliphatic rings. The molecule has 11 nitrogen and oxygen atoms in total. The quantitative estimate of drug-likeness (QED) is 0.0921. The lowest BCUT2D eigenvalue weighted by molar-refractivity contribution is 0.0910. The van der Waals surface area contributed by atoms with E-state index in [0.717, 1.165) is 15.4 Å². The number of ketones is 3. The third-order valence-electron chi connectivity index (χ3n) is 10.5. The van der Waals surface area contributed by atoms with Crippen LogP contribution in [0.15, 0.2) is 146 Å². The van der Waals surface area contributed by atoms with E-state index in [-0.39, 0.29) is 50.6 Å². The number of aryl methyl sites for hydroxylation is 1. The molecule has 298 valence electrons. The molecule has 9 rings (SSSR count). The lowest BCUT2D eigenvalue weighted by Gasteiger charge is -2.14. The number of imide groups is 2. The average Bonchev–Trinajstić information content (AvgIpc) is 3.70. The van der Waals surface area contributed by atoms with Crippen molar-refractivity contribution in [3.8, 4) is 23.0 Å². The van der Waals surface area contributed by atoms with Crippen molar-refractivity contribution >= 4 is 52.4 Å². The summed E-state index contributed by atoms with van der Waals surface area (Å²) in [6.45, 7) is 3.41. The Balaban J connectivity index is 0.864. The fourth-order valence-electron chi connectivity index (χ4n) is 7.17. The number of benzene rings is 6. The molecule has 0 fully saturated rings. The summed E-state index contributed by atoms with van der Waals surface area (Å²) in [6, 6.07) is 44.1. The van der Waals surface area contributed by atoms with Gasteiger partial charge in [-0.1, -0.05) is 54.1 Å². The first kappa shape index (κ1) is 38.8. The number of ether oxygens (including phenoxy) is 2. The molecule has 0 spiro atoms. The highest BCUT2D eigenvalue weighted by atomic mass is 16.5. The van der Waals surface area contributed by atoms with Gasteiger partial charge in [0, 0.05) is 22.3 Å². The first-order valence-electron chi connectivity index (χ1n) is 19.3. The lowest BCUT2D eigenvalue weighted by atomic mass is 9.98. The molecule has 0 N–H and O–H groups in total. The van der Waals surface area contributed by atoms with Crippen molar-refractivity contribution < 1.29 is 43.0 Å². The van der Waals surface area contributed by atoms with Crippen molar-refractivity contribution in [2.24, 2.45) is 0 Å². The van der Waals surface area contributed by atoms with E-state index in [1.54, 1.807) is 97.1 Å². The monoisotopic (exact) mass is 814 g/mol. The molecule has 2 heterocycles. The second kappa shape index (κ2) is 15.4. The molecule has 7 aromatic rings. The van der Waals surface area contributed by atoms with E-state index >= 15 is 0 Å². The summed E-state index contributed by atoms with van der Waals surface area (Å²) >= 11 is 0. The highest BCUT2D eigenvalue weighted by Crippen LogP contribution is 2.34. The third-order valence-corrected chi connectivity index (χ3v) is 10.5. The van der Waals surface area contributed by atoms with Crippen molar-refractivity contribution in [2.45, 2.75) is 13.8 Å². The molecule has 0 saturated carbocycles. The van der Waals surface area contributed by atoms with Crippen LogP contribution in [0.1, 0.15) is 96.1 Å². The third kappa shape index (κ3) is 7.07. The summed E-state index contributed by atoms with van der Waals surface area (Å²) in [5.74, 6) is -1.48. The van der Waals surface area contributed by atoms with Gasteiger partial charge >= 0.3 is 0 Å². The van der Waals surface area contributed by atoms with E-state index in [4.69, 9.17) is 9.47 Å². The zero-order chi connectivity index (χ0) is 43.2. The first-order chi connectivity index (χ1) is 29.9. The SMILES string of the molecule is CC(=O)c1cccc(C(=O)c2ccc(Oc3ccc(N4C(=O)c5ccc(C(=O)c6c#cc7c(c6)C(=O)N(c6ccc(Oc8ccc(C)cc8)cc6)C7=O)cc5C4=O)cc3)cc2)c1. The number of carbonyl (C=O) groups is 7. The minimum atomic E-state index is -0.641. The Morgan fingerprint density at radius 2 is 0.935 bits per heavy atom. The number of rotatable bonds is 11. The summed E-state index contributed by atoms with van der Waals surface area (Å²) in [7, 11) is 0. The molecule has 0 aliphatic carbocycles. The zero-order valence-corrected chi connectivity index (χ0v) is 32.9. The molecule has 0 atom stereocenters. The number of amides is 4. The van der Waals surface area contributed by atoms with Gasteiger partial charge in [-0.15, -0.1) is 0 Å². The maximum atomic E-state index is 13.7. The van der Waals surface area contributed by atoms with Gasteiger partial charge in [0.1, 0.15) is 28.6 Å². The fraction of sp³-hybridized carbons (Fsp3) is 0.0392. The van der Waals surface area contributed by atoms with Crippen LogP contribution < -0.4 is 19.3 Å². The summed E-state index contributed by atoms with van der Waals surface area (Å²) in [5, 5.41) is 0. The maximum Gasteiger partial charge on any atom is 0.274 e. The van der Waals surface area contributed by atoms with Gasteiger partial charge in [-0.25, -0.2) is 9.80 Å². The van der Waals surface area contributed by atoms with Gasteiger partial charge in [-0.05, 0) is 123 Å². The number of hydrogen-bond donors (Lipinski definition) is 0. The Labute approximate surface area is 354 Å². The summed E-state index contributed by atoms with van der Waals surface area (Å²) in [6.07, 6.45) is 0. The van der Waals surface area contributed by atoms with E-state index in [9.17, 15) is 33.6 Å². The van der Waals surface area contributed by atoms with Gasteiger partial charge in [0.25, 0.3) is 23.6 Å². The predicted octanol–water partition coefficient (Wildman–Crippen LogP) is 9.45. The number of hydrogen-bond acceptors (Lipinski definition) is 9. The number of anilines is 2. The van der Waals surface area contributed by atoms with Crippen LogP contribution >= 0.6 is 0 Å². The van der Waals surface area contributed by atoms with Crippen molar-refractivity contribution in [3.63, 3.8) is 0 Å². The highest BCUT2D eigenvalue weighted by molar-refractivity contribution is 6.36. The van der Waals surface area contributed by atoms with E-state index < -0.39 is 29.4 Å². The number of carbonyl (C=O) groups excluding carboxylic acids is 7. The van der Waals surface area contributed by atoms with Gasteiger partial charge in [0.05, 0.1) is 33.6 Å². The van der Waals surface area contributed by atoms with Crippen LogP contribution in [-0.4, -0.2) is 41.0 Å². The van der Waals surface area contributed by atoms with Gasteiger partial charge in [-0.2, -0.15) is 0 Å². The van der Waals surface area contributed by atoms with Crippen molar-refractivity contribution in [3.05, 3.63) is 213 Å². The molecule has 7 aromatic carbocycles. The number of nitrogens with zero attached hydrogens (tertiary/aromatic N) is 2. The summed E-state index contributed by atoms with van der Waals surface area (Å²) < 4.78 is 11.8. The van der Waals surface area contributed by atoms with Crippen LogP contribution in [0.5, 0.6) is 23.0 Å². The van der Waals surface area contributed by atoms with E-state index in [0.29, 0.717) is 45.4 Å². The van der Waals surface area contributed by atoms with Crippen LogP contribution in [0.2, 0.25) is 0 Å². The zero-order valence-electron chi connectivity index (χ0n) is 32.9. The molecular weight excluding hydrogens is 785 g/mol. The van der Waals surface area contributed by atoms with Crippen molar-refractivity contribution in [2.75, 3.05) is 9.80 Å². The molecule has 2 aliphatic heterocycles. The highest BCUT2D eigenvalue weighted by Gasteiger charge is 2.39. The Morgan fingerprint density at radius 1 is 0.452 bits per heavy atom. The summed E-state index contributed by atoms with van der Waals surface area (Å²) in [5.41, 5.74) is 2.98. The van der Waals surface area contributed by atoms with Crippen molar-refractivity contribution in [1.82, 2.24) is 0 Å². The smallest absolute Gasteiger partial charge is 0.274 e. The van der Waals surface area contributed by atoms with E-state index in [1.165, 1.54) is 31.2 Å². The maximum absolute atomic E-state index is 13.7. The topological polar surface area (TPSA) is 144 Å². The van der Waals surface area contributed by atoms with Gasteiger partial charge in [0.2, 0.25) is 5.78 Å². The van der Waals surface area contributed by atoms with Crippen LogP contribution in [0.3, 0.4) is 0 Å². The molecule has 4 amide bonds. The largest absolute Gasteiger partial charge is 0.457 e. The normalized spacial score (nSPS) is 12.8. The minimum Gasteiger partial charge on any atom is -0.457 e. The molecule has 62 heavy (non-hydrogen) atoms.